The number of allylic oxidation sites excluding steroid dienone is 1. The third-order valence-corrected chi connectivity index (χ3v) is 5.21. The Morgan fingerprint density at radius 1 is 0.946 bits per heavy atom. The van der Waals surface area contributed by atoms with Gasteiger partial charge in [0.1, 0.15) is 31.0 Å². The Kier molecular flexibility index (Phi) is 13.6. The van der Waals surface area contributed by atoms with Gasteiger partial charge in [-0.05, 0) is 82.9 Å². The maximum atomic E-state index is 13.2. The first-order chi connectivity index (χ1) is 17.5. The van der Waals surface area contributed by atoms with Crippen molar-refractivity contribution < 1.29 is 32.2 Å². The van der Waals surface area contributed by atoms with Crippen LogP contribution in [0.25, 0.3) is 0 Å². The molecule has 0 aromatic heterocycles. The highest BCUT2D eigenvalue weighted by molar-refractivity contribution is 6.04. The molecule has 0 aliphatic carbocycles. The van der Waals surface area contributed by atoms with Gasteiger partial charge in [0.2, 0.25) is 0 Å². The minimum absolute atomic E-state index is 0.0785. The van der Waals surface area contributed by atoms with E-state index in [2.05, 4.69) is 9.99 Å². The zero-order chi connectivity index (χ0) is 28.0. The molecular formula is C29H40F3NO4. The molecule has 0 spiro atoms. The minimum Gasteiger partial charge on any atom is -0.491 e. The Labute approximate surface area is 219 Å². The number of benzene rings is 2. The van der Waals surface area contributed by atoms with Gasteiger partial charge in [0.25, 0.3) is 0 Å². The lowest BCUT2D eigenvalue weighted by atomic mass is 10.1. The molecular weight excluding hydrogens is 483 g/mol. The van der Waals surface area contributed by atoms with Gasteiger partial charge < -0.3 is 19.0 Å². The van der Waals surface area contributed by atoms with E-state index in [1.54, 1.807) is 6.07 Å². The third kappa shape index (κ3) is 10.8. The SMILES string of the molecule is C/C=C/COc1cc(C)c(OC(C)CCC(C)Oc2cccc(/C(=N\OC)C(F)(F)F)c2)c(C)c1.CC. The first-order valence-electron chi connectivity index (χ1n) is 12.5. The number of ether oxygens (including phenoxy) is 3. The topological polar surface area (TPSA) is 49.3 Å². The van der Waals surface area contributed by atoms with Crippen LogP contribution in [0.4, 0.5) is 13.2 Å². The first-order valence-corrected chi connectivity index (χ1v) is 12.5. The van der Waals surface area contributed by atoms with Crippen LogP contribution < -0.4 is 14.2 Å². The average Bonchev–Trinajstić information content (AvgIpc) is 2.84. The maximum Gasteiger partial charge on any atom is 0.437 e. The summed E-state index contributed by atoms with van der Waals surface area (Å²) in [6.45, 7) is 14.3. The predicted octanol–water partition coefficient (Wildman–Crippen LogP) is 8.21. The van der Waals surface area contributed by atoms with Crippen molar-refractivity contribution in [3.8, 4) is 17.2 Å². The number of oxime groups is 1. The van der Waals surface area contributed by atoms with Gasteiger partial charge in [0.15, 0.2) is 5.71 Å². The number of rotatable bonds is 12. The first kappa shape index (κ1) is 31.9. The van der Waals surface area contributed by atoms with Crippen molar-refractivity contribution in [3.05, 3.63) is 65.2 Å². The van der Waals surface area contributed by atoms with E-state index in [1.807, 2.05) is 72.8 Å². The lowest BCUT2D eigenvalue weighted by molar-refractivity contribution is -0.0608. The molecule has 0 bridgehead atoms. The lowest BCUT2D eigenvalue weighted by Gasteiger charge is -2.21. The van der Waals surface area contributed by atoms with Crippen LogP contribution in [0.5, 0.6) is 17.2 Å². The van der Waals surface area contributed by atoms with Crippen LogP contribution in [0.2, 0.25) is 0 Å². The Morgan fingerprint density at radius 2 is 1.54 bits per heavy atom. The zero-order valence-corrected chi connectivity index (χ0v) is 23.1. The number of hydrogen-bond acceptors (Lipinski definition) is 5. The van der Waals surface area contributed by atoms with E-state index in [-0.39, 0.29) is 17.8 Å². The third-order valence-electron chi connectivity index (χ3n) is 5.21. The molecule has 0 aliphatic heterocycles. The van der Waals surface area contributed by atoms with Gasteiger partial charge in [-0.3, -0.25) is 0 Å². The van der Waals surface area contributed by atoms with Crippen molar-refractivity contribution in [2.45, 2.75) is 79.7 Å². The molecule has 0 N–H and O–H groups in total. The quantitative estimate of drug-likeness (QED) is 0.160. The summed E-state index contributed by atoms with van der Waals surface area (Å²) >= 11 is 0. The van der Waals surface area contributed by atoms with Gasteiger partial charge in [0.05, 0.1) is 12.2 Å². The predicted molar refractivity (Wildman–Crippen MR) is 143 cm³/mol. The van der Waals surface area contributed by atoms with E-state index in [1.165, 1.54) is 18.2 Å². The molecule has 2 rings (SSSR count). The van der Waals surface area contributed by atoms with Crippen molar-refractivity contribution in [3.63, 3.8) is 0 Å². The molecule has 5 nitrogen and oxygen atoms in total. The molecule has 2 aromatic rings. The van der Waals surface area contributed by atoms with E-state index >= 15 is 0 Å². The fourth-order valence-corrected chi connectivity index (χ4v) is 3.52. The van der Waals surface area contributed by atoms with E-state index in [0.29, 0.717) is 25.2 Å². The molecule has 0 saturated carbocycles. The molecule has 37 heavy (non-hydrogen) atoms. The van der Waals surface area contributed by atoms with Crippen molar-refractivity contribution in [1.82, 2.24) is 0 Å². The van der Waals surface area contributed by atoms with Crippen LogP contribution >= 0.6 is 0 Å². The molecule has 0 saturated heterocycles. The summed E-state index contributed by atoms with van der Waals surface area (Å²) in [5.41, 5.74) is 0.757. The molecule has 0 amide bonds. The highest BCUT2D eigenvalue weighted by Crippen LogP contribution is 2.30. The monoisotopic (exact) mass is 523 g/mol. The van der Waals surface area contributed by atoms with Crippen LogP contribution in [0, 0.1) is 13.8 Å². The van der Waals surface area contributed by atoms with Crippen molar-refractivity contribution in [2.24, 2.45) is 5.16 Å². The van der Waals surface area contributed by atoms with Crippen LogP contribution in [0.15, 0.2) is 53.7 Å². The molecule has 2 unspecified atom stereocenters. The molecule has 2 aromatic carbocycles. The molecule has 8 heteroatoms. The van der Waals surface area contributed by atoms with E-state index in [9.17, 15) is 13.2 Å². The molecule has 2 atom stereocenters. The normalized spacial score (nSPS) is 13.4. The number of hydrogen-bond donors (Lipinski definition) is 0. The maximum absolute atomic E-state index is 13.2. The lowest BCUT2D eigenvalue weighted by Crippen LogP contribution is -2.24. The fourth-order valence-electron chi connectivity index (χ4n) is 3.52. The fraction of sp³-hybridized carbons (Fsp3) is 0.483. The van der Waals surface area contributed by atoms with Gasteiger partial charge in [0, 0.05) is 5.56 Å². The second kappa shape index (κ2) is 15.8. The van der Waals surface area contributed by atoms with E-state index in [4.69, 9.17) is 14.2 Å². The van der Waals surface area contributed by atoms with Gasteiger partial charge in [-0.15, -0.1) is 0 Å². The smallest absolute Gasteiger partial charge is 0.437 e. The van der Waals surface area contributed by atoms with E-state index in [0.717, 1.165) is 29.7 Å². The molecule has 0 radical (unpaired) electrons. The summed E-state index contributed by atoms with van der Waals surface area (Å²) in [4.78, 5) is 4.37. The van der Waals surface area contributed by atoms with Gasteiger partial charge in [-0.2, -0.15) is 13.2 Å². The largest absolute Gasteiger partial charge is 0.491 e. The van der Waals surface area contributed by atoms with Crippen molar-refractivity contribution >= 4 is 5.71 Å². The Bertz CT molecular complexity index is 995. The van der Waals surface area contributed by atoms with Crippen LogP contribution in [0.1, 0.15) is 64.2 Å². The summed E-state index contributed by atoms with van der Waals surface area (Å²) in [6.07, 6.45) is 0.305. The summed E-state index contributed by atoms with van der Waals surface area (Å²) in [5, 5.41) is 3.13. The standard InChI is InChI=1S/C27H34F3NO4.C2H6/c1-7-8-14-33-24-15-18(2)25(19(3)16-24)35-21(5)13-12-20(4)34-23-11-9-10-22(17-23)26(31-32-6)27(28,29)30;1-2/h7-11,15-17,20-21H,12-14H2,1-6H3;1-2H3/b8-7+,31-26+;. The van der Waals surface area contributed by atoms with Gasteiger partial charge >= 0.3 is 6.18 Å². The second-order valence-corrected chi connectivity index (χ2v) is 8.35. The molecule has 0 fully saturated rings. The molecule has 0 aliphatic rings. The minimum atomic E-state index is -4.64. The summed E-state index contributed by atoms with van der Waals surface area (Å²) in [5.74, 6) is 1.96. The van der Waals surface area contributed by atoms with Crippen molar-refractivity contribution in [1.29, 1.82) is 0 Å². The zero-order valence-electron chi connectivity index (χ0n) is 23.1. The van der Waals surface area contributed by atoms with Crippen LogP contribution in [-0.2, 0) is 4.84 Å². The highest BCUT2D eigenvalue weighted by atomic mass is 19.4. The number of alkyl halides is 3. The highest BCUT2D eigenvalue weighted by Gasteiger charge is 2.38. The van der Waals surface area contributed by atoms with Crippen molar-refractivity contribution in [2.75, 3.05) is 13.7 Å². The van der Waals surface area contributed by atoms with Gasteiger partial charge in [-0.25, -0.2) is 0 Å². The summed E-state index contributed by atoms with van der Waals surface area (Å²) in [7, 11) is 1.08. The average molecular weight is 524 g/mol. The number of aryl methyl sites for hydroxylation is 2. The van der Waals surface area contributed by atoms with E-state index < -0.39 is 11.9 Å². The summed E-state index contributed by atoms with van der Waals surface area (Å²) < 4.78 is 57.5. The Balaban J connectivity index is 0.00000334. The van der Waals surface area contributed by atoms with Gasteiger partial charge in [-0.1, -0.05) is 43.3 Å². The molecule has 206 valence electrons. The number of nitrogens with zero attached hydrogens (tertiary/aromatic N) is 1. The van der Waals surface area contributed by atoms with Crippen LogP contribution in [0.3, 0.4) is 0 Å². The second-order valence-electron chi connectivity index (χ2n) is 8.35. The molecule has 0 heterocycles. The Hall–Kier alpha value is -3.16. The summed E-state index contributed by atoms with van der Waals surface area (Å²) in [6, 6.07) is 9.66. The number of halogens is 3. The Morgan fingerprint density at radius 3 is 2.08 bits per heavy atom. The van der Waals surface area contributed by atoms with Crippen LogP contribution in [-0.4, -0.2) is 37.8 Å².